The molecule has 2 heterocycles. The van der Waals surface area contributed by atoms with Gasteiger partial charge < -0.3 is 0 Å². The largest absolute Gasteiger partial charge is 0.249 e. The predicted molar refractivity (Wildman–Crippen MR) is 59.2 cm³/mol. The van der Waals surface area contributed by atoms with E-state index in [1.807, 2.05) is 16.8 Å². The molecule has 0 spiro atoms. The molecule has 4 nitrogen and oxygen atoms in total. The van der Waals surface area contributed by atoms with E-state index >= 15 is 0 Å². The highest BCUT2D eigenvalue weighted by molar-refractivity contribution is 9.10. The maximum absolute atomic E-state index is 4.42. The molecule has 3 rings (SSSR count). The number of hydrogen-bond donors (Lipinski definition) is 0. The summed E-state index contributed by atoms with van der Waals surface area (Å²) in [6, 6.07) is 4.44. The molecule has 0 aromatic carbocycles. The second kappa shape index (κ2) is 3.41. The van der Waals surface area contributed by atoms with Gasteiger partial charge in [0.15, 0.2) is 5.82 Å². The number of hydrogen-bond acceptors (Lipinski definition) is 3. The van der Waals surface area contributed by atoms with Gasteiger partial charge in [0.1, 0.15) is 10.9 Å². The summed E-state index contributed by atoms with van der Waals surface area (Å²) in [5, 5.41) is 4.42. The third-order valence-corrected chi connectivity index (χ3v) is 2.88. The van der Waals surface area contributed by atoms with E-state index in [0.717, 1.165) is 16.0 Å². The average Bonchev–Trinajstić information content (AvgIpc) is 2.99. The average molecular weight is 265 g/mol. The van der Waals surface area contributed by atoms with Crippen LogP contribution in [0.5, 0.6) is 0 Å². The van der Waals surface area contributed by atoms with E-state index in [4.69, 9.17) is 0 Å². The Morgan fingerprint density at radius 3 is 2.80 bits per heavy atom. The van der Waals surface area contributed by atoms with Gasteiger partial charge in [-0.25, -0.2) is 14.6 Å². The van der Waals surface area contributed by atoms with Crippen LogP contribution in [-0.4, -0.2) is 19.7 Å². The molecule has 0 unspecified atom stereocenters. The van der Waals surface area contributed by atoms with Crippen molar-refractivity contribution in [3.05, 3.63) is 29.3 Å². The van der Waals surface area contributed by atoms with Crippen LogP contribution in [0.2, 0.25) is 0 Å². The molecular weight excluding hydrogens is 256 g/mol. The van der Waals surface area contributed by atoms with E-state index in [1.54, 1.807) is 12.5 Å². The van der Waals surface area contributed by atoms with Gasteiger partial charge in [-0.05, 0) is 40.9 Å². The molecule has 76 valence electrons. The van der Waals surface area contributed by atoms with Crippen LogP contribution in [0.15, 0.2) is 29.3 Å². The Kier molecular flexibility index (Phi) is 2.05. The maximum atomic E-state index is 4.42. The molecule has 0 radical (unpaired) electrons. The summed E-state index contributed by atoms with van der Waals surface area (Å²) in [5.74, 6) is 0.752. The fourth-order valence-corrected chi connectivity index (χ4v) is 1.66. The molecule has 0 saturated heterocycles. The molecule has 0 N–H and O–H groups in total. The van der Waals surface area contributed by atoms with Gasteiger partial charge in [-0.15, -0.1) is 0 Å². The number of pyridine rings is 1. The molecule has 0 amide bonds. The normalized spacial score (nSPS) is 15.5. The number of halogens is 1. The molecule has 0 atom stereocenters. The Hall–Kier alpha value is -1.23. The first-order valence-corrected chi connectivity index (χ1v) is 5.65. The van der Waals surface area contributed by atoms with E-state index in [-0.39, 0.29) is 0 Å². The van der Waals surface area contributed by atoms with Gasteiger partial charge >= 0.3 is 0 Å². The van der Waals surface area contributed by atoms with Crippen LogP contribution in [0.3, 0.4) is 0 Å². The fraction of sp³-hybridized carbons (Fsp3) is 0.300. The van der Waals surface area contributed by atoms with Crippen LogP contribution in [-0.2, 0) is 0 Å². The van der Waals surface area contributed by atoms with Crippen molar-refractivity contribution in [2.75, 3.05) is 0 Å². The summed E-state index contributed by atoms with van der Waals surface area (Å²) in [4.78, 5) is 8.43. The quantitative estimate of drug-likeness (QED) is 0.783. The monoisotopic (exact) mass is 264 g/mol. The van der Waals surface area contributed by atoms with Crippen LogP contribution in [0.1, 0.15) is 18.9 Å². The molecule has 1 fully saturated rings. The van der Waals surface area contributed by atoms with Crippen molar-refractivity contribution in [3.8, 4) is 11.4 Å². The van der Waals surface area contributed by atoms with Gasteiger partial charge in [-0.1, -0.05) is 0 Å². The number of aromatic nitrogens is 4. The molecule has 1 saturated carbocycles. The van der Waals surface area contributed by atoms with E-state index in [9.17, 15) is 0 Å². The third kappa shape index (κ3) is 1.79. The minimum Gasteiger partial charge on any atom is -0.249 e. The van der Waals surface area contributed by atoms with Crippen molar-refractivity contribution in [1.82, 2.24) is 19.7 Å². The van der Waals surface area contributed by atoms with Crippen molar-refractivity contribution in [3.63, 3.8) is 0 Å². The Bertz CT molecular complexity index is 472. The standard InChI is InChI=1S/C10H9BrN4/c11-9-4-1-7(5-12-9)10-13-6-15(14-10)8-2-3-8/h1,4-6,8H,2-3H2. The van der Waals surface area contributed by atoms with Gasteiger partial charge in [0.25, 0.3) is 0 Å². The smallest absolute Gasteiger partial charge is 0.182 e. The summed E-state index contributed by atoms with van der Waals surface area (Å²) >= 11 is 3.30. The van der Waals surface area contributed by atoms with Crippen LogP contribution in [0.25, 0.3) is 11.4 Å². The zero-order chi connectivity index (χ0) is 10.3. The molecule has 5 heteroatoms. The first-order chi connectivity index (χ1) is 7.33. The van der Waals surface area contributed by atoms with Gasteiger partial charge in [-0.2, -0.15) is 5.10 Å². The first kappa shape index (κ1) is 9.03. The SMILES string of the molecule is Brc1ccc(-c2ncn(C3CC3)n2)cn1. The maximum Gasteiger partial charge on any atom is 0.182 e. The highest BCUT2D eigenvalue weighted by Crippen LogP contribution is 2.34. The first-order valence-electron chi connectivity index (χ1n) is 4.86. The van der Waals surface area contributed by atoms with Crippen molar-refractivity contribution in [2.24, 2.45) is 0 Å². The molecule has 2 aromatic heterocycles. The van der Waals surface area contributed by atoms with Crippen molar-refractivity contribution >= 4 is 15.9 Å². The van der Waals surface area contributed by atoms with E-state index in [0.29, 0.717) is 6.04 Å². The Morgan fingerprint density at radius 1 is 1.27 bits per heavy atom. The molecule has 0 aliphatic heterocycles. The lowest BCUT2D eigenvalue weighted by molar-refractivity contribution is 0.641. The number of rotatable bonds is 2. The lowest BCUT2D eigenvalue weighted by Gasteiger charge is -1.95. The van der Waals surface area contributed by atoms with Crippen LogP contribution >= 0.6 is 15.9 Å². The van der Waals surface area contributed by atoms with Gasteiger partial charge in [0.2, 0.25) is 0 Å². The zero-order valence-corrected chi connectivity index (χ0v) is 9.55. The summed E-state index contributed by atoms with van der Waals surface area (Å²) in [7, 11) is 0. The van der Waals surface area contributed by atoms with Crippen molar-refractivity contribution in [2.45, 2.75) is 18.9 Å². The second-order valence-corrected chi connectivity index (χ2v) is 4.46. The van der Waals surface area contributed by atoms with Crippen LogP contribution < -0.4 is 0 Å². The van der Waals surface area contributed by atoms with Crippen LogP contribution in [0, 0.1) is 0 Å². The Labute approximate surface area is 95.5 Å². The zero-order valence-electron chi connectivity index (χ0n) is 7.97. The van der Waals surface area contributed by atoms with E-state index in [2.05, 4.69) is 31.0 Å². The summed E-state index contributed by atoms with van der Waals surface area (Å²) in [5.41, 5.74) is 0.956. The van der Waals surface area contributed by atoms with Gasteiger partial charge in [0.05, 0.1) is 6.04 Å². The molecule has 1 aliphatic rings. The molecule has 15 heavy (non-hydrogen) atoms. The van der Waals surface area contributed by atoms with E-state index < -0.39 is 0 Å². The number of nitrogens with zero attached hydrogens (tertiary/aromatic N) is 4. The van der Waals surface area contributed by atoms with Crippen LogP contribution in [0.4, 0.5) is 0 Å². The fourth-order valence-electron chi connectivity index (χ4n) is 1.43. The molecule has 1 aliphatic carbocycles. The summed E-state index contributed by atoms with van der Waals surface area (Å²) < 4.78 is 2.77. The predicted octanol–water partition coefficient (Wildman–Crippen LogP) is 2.44. The lowest BCUT2D eigenvalue weighted by atomic mass is 10.3. The Balaban J connectivity index is 1.93. The highest BCUT2D eigenvalue weighted by atomic mass is 79.9. The van der Waals surface area contributed by atoms with E-state index in [1.165, 1.54) is 12.8 Å². The van der Waals surface area contributed by atoms with Gasteiger partial charge in [-0.3, -0.25) is 0 Å². The molecule has 0 bridgehead atoms. The minimum absolute atomic E-state index is 0.578. The minimum atomic E-state index is 0.578. The summed E-state index contributed by atoms with van der Waals surface area (Å²) in [6.45, 7) is 0. The second-order valence-electron chi connectivity index (χ2n) is 3.65. The Morgan fingerprint density at radius 2 is 2.13 bits per heavy atom. The topological polar surface area (TPSA) is 43.6 Å². The van der Waals surface area contributed by atoms with Gasteiger partial charge in [0, 0.05) is 11.8 Å². The summed E-state index contributed by atoms with van der Waals surface area (Å²) in [6.07, 6.45) is 6.02. The third-order valence-electron chi connectivity index (χ3n) is 2.42. The van der Waals surface area contributed by atoms with Crippen molar-refractivity contribution < 1.29 is 0 Å². The molecular formula is C10H9BrN4. The molecule has 2 aromatic rings. The highest BCUT2D eigenvalue weighted by Gasteiger charge is 2.24. The van der Waals surface area contributed by atoms with Crippen molar-refractivity contribution in [1.29, 1.82) is 0 Å². The lowest BCUT2D eigenvalue weighted by Crippen LogP contribution is -1.93.